The number of rotatable bonds is 2. The molecular formula is C16H24N4. The molecule has 0 aromatic carbocycles. The van der Waals surface area contributed by atoms with E-state index >= 15 is 0 Å². The van der Waals surface area contributed by atoms with Crippen LogP contribution in [0.25, 0.3) is 11.0 Å². The van der Waals surface area contributed by atoms with E-state index in [4.69, 9.17) is 0 Å². The van der Waals surface area contributed by atoms with Gasteiger partial charge in [-0.25, -0.2) is 4.98 Å². The average molecular weight is 272 g/mol. The third-order valence-corrected chi connectivity index (χ3v) is 4.71. The lowest BCUT2D eigenvalue weighted by Crippen LogP contribution is -2.38. The Morgan fingerprint density at radius 3 is 2.90 bits per heavy atom. The number of aryl methyl sites for hydroxylation is 2. The highest BCUT2D eigenvalue weighted by Gasteiger charge is 2.32. The molecular weight excluding hydrogens is 248 g/mol. The van der Waals surface area contributed by atoms with Crippen molar-refractivity contribution in [2.24, 2.45) is 12.5 Å². The van der Waals surface area contributed by atoms with Crippen LogP contribution < -0.4 is 5.32 Å². The molecule has 20 heavy (non-hydrogen) atoms. The largest absolute Gasteiger partial charge is 0.381 e. The van der Waals surface area contributed by atoms with Crippen LogP contribution in [0.15, 0.2) is 12.3 Å². The minimum atomic E-state index is 0.358. The number of nitrogens with one attached hydrogen (secondary N) is 1. The maximum Gasteiger partial charge on any atom is 0.157 e. The minimum Gasteiger partial charge on any atom is -0.381 e. The average Bonchev–Trinajstić information content (AvgIpc) is 2.67. The summed E-state index contributed by atoms with van der Waals surface area (Å²) in [6.07, 6.45) is 7.16. The summed E-state index contributed by atoms with van der Waals surface area (Å²) in [5, 5.41) is 9.28. The first-order valence-electron chi connectivity index (χ1n) is 7.53. The Morgan fingerprint density at radius 2 is 2.15 bits per heavy atom. The van der Waals surface area contributed by atoms with Crippen molar-refractivity contribution in [1.82, 2.24) is 14.8 Å². The molecule has 3 rings (SSSR count). The summed E-state index contributed by atoms with van der Waals surface area (Å²) in [7, 11) is 1.94. The van der Waals surface area contributed by atoms with Crippen LogP contribution in [-0.2, 0) is 7.05 Å². The van der Waals surface area contributed by atoms with Crippen molar-refractivity contribution in [2.75, 3.05) is 5.32 Å². The van der Waals surface area contributed by atoms with E-state index in [2.05, 4.69) is 35.3 Å². The van der Waals surface area contributed by atoms with Gasteiger partial charge in [0, 0.05) is 18.5 Å². The van der Waals surface area contributed by atoms with Crippen molar-refractivity contribution in [3.05, 3.63) is 18.0 Å². The highest BCUT2D eigenvalue weighted by molar-refractivity contribution is 5.81. The molecule has 1 fully saturated rings. The number of hydrogen-bond acceptors (Lipinski definition) is 3. The van der Waals surface area contributed by atoms with Gasteiger partial charge >= 0.3 is 0 Å². The Morgan fingerprint density at radius 1 is 1.35 bits per heavy atom. The Balaban J connectivity index is 1.89. The molecule has 2 heterocycles. The lowest BCUT2D eigenvalue weighted by Gasteiger charge is -2.39. The zero-order chi connectivity index (χ0) is 14.3. The molecule has 0 saturated heterocycles. The third kappa shape index (κ3) is 2.28. The summed E-state index contributed by atoms with van der Waals surface area (Å²) in [5.41, 5.74) is 3.48. The van der Waals surface area contributed by atoms with Gasteiger partial charge < -0.3 is 5.32 Å². The second-order valence-electron chi connectivity index (χ2n) is 6.74. The molecule has 2 aromatic rings. The van der Waals surface area contributed by atoms with Crippen LogP contribution in [0, 0.1) is 12.3 Å². The molecule has 4 heteroatoms. The molecule has 4 nitrogen and oxygen atoms in total. The van der Waals surface area contributed by atoms with Crippen molar-refractivity contribution in [3.63, 3.8) is 0 Å². The predicted molar refractivity (Wildman–Crippen MR) is 82.9 cm³/mol. The number of hydrogen-bond donors (Lipinski definition) is 1. The van der Waals surface area contributed by atoms with Gasteiger partial charge in [-0.1, -0.05) is 26.7 Å². The lowest BCUT2D eigenvalue weighted by atomic mass is 9.73. The molecule has 108 valence electrons. The number of pyridine rings is 1. The summed E-state index contributed by atoms with van der Waals surface area (Å²) < 4.78 is 1.85. The molecule has 1 N–H and O–H groups in total. The van der Waals surface area contributed by atoms with Gasteiger partial charge in [-0.15, -0.1) is 0 Å². The quantitative estimate of drug-likeness (QED) is 0.907. The Hall–Kier alpha value is -1.58. The van der Waals surface area contributed by atoms with E-state index in [1.807, 2.05) is 24.9 Å². The van der Waals surface area contributed by atoms with E-state index in [9.17, 15) is 0 Å². The van der Waals surface area contributed by atoms with E-state index in [-0.39, 0.29) is 0 Å². The van der Waals surface area contributed by atoms with Crippen molar-refractivity contribution in [2.45, 2.75) is 52.5 Å². The van der Waals surface area contributed by atoms with Crippen LogP contribution in [0.3, 0.4) is 0 Å². The Labute approximate surface area is 120 Å². The molecule has 1 unspecified atom stereocenters. The molecule has 0 amide bonds. The predicted octanol–water partition coefficient (Wildman–Crippen LogP) is 3.66. The summed E-state index contributed by atoms with van der Waals surface area (Å²) in [6.45, 7) is 6.77. The topological polar surface area (TPSA) is 42.7 Å². The number of fused-ring (bicyclic) bond motifs is 1. The molecule has 0 bridgehead atoms. The second kappa shape index (κ2) is 4.76. The Kier molecular flexibility index (Phi) is 3.19. The summed E-state index contributed by atoms with van der Waals surface area (Å²) in [6, 6.07) is 2.72. The standard InChI is InChI=1S/C16H24N4/c1-11-13-9-12(10-17-15(13)20(4)19-11)18-14-7-5-6-8-16(14,2)3/h9-10,14,18H,5-8H2,1-4H3. The zero-order valence-corrected chi connectivity index (χ0v) is 12.9. The van der Waals surface area contributed by atoms with Crippen molar-refractivity contribution in [1.29, 1.82) is 0 Å². The fraction of sp³-hybridized carbons (Fsp3) is 0.625. The van der Waals surface area contributed by atoms with E-state index in [0.717, 1.165) is 22.4 Å². The monoisotopic (exact) mass is 272 g/mol. The van der Waals surface area contributed by atoms with Crippen LogP contribution in [-0.4, -0.2) is 20.8 Å². The van der Waals surface area contributed by atoms with Gasteiger partial charge in [0.25, 0.3) is 0 Å². The van der Waals surface area contributed by atoms with Gasteiger partial charge in [0.1, 0.15) is 0 Å². The van der Waals surface area contributed by atoms with E-state index in [0.29, 0.717) is 11.5 Å². The first kappa shape index (κ1) is 13.4. The smallest absolute Gasteiger partial charge is 0.157 e. The number of anilines is 1. The zero-order valence-electron chi connectivity index (χ0n) is 12.9. The molecule has 2 aromatic heterocycles. The van der Waals surface area contributed by atoms with E-state index in [1.165, 1.54) is 25.7 Å². The molecule has 1 aliphatic carbocycles. The van der Waals surface area contributed by atoms with Crippen LogP contribution >= 0.6 is 0 Å². The minimum absolute atomic E-state index is 0.358. The van der Waals surface area contributed by atoms with Crippen molar-refractivity contribution < 1.29 is 0 Å². The summed E-state index contributed by atoms with van der Waals surface area (Å²) in [5.74, 6) is 0. The van der Waals surface area contributed by atoms with E-state index in [1.54, 1.807) is 0 Å². The summed E-state index contributed by atoms with van der Waals surface area (Å²) >= 11 is 0. The molecule has 0 spiro atoms. The van der Waals surface area contributed by atoms with Gasteiger partial charge in [-0.05, 0) is 31.2 Å². The second-order valence-corrected chi connectivity index (χ2v) is 6.74. The molecule has 0 radical (unpaired) electrons. The summed E-state index contributed by atoms with van der Waals surface area (Å²) in [4.78, 5) is 4.55. The van der Waals surface area contributed by atoms with Gasteiger partial charge in [0.15, 0.2) is 5.65 Å². The highest BCUT2D eigenvalue weighted by atomic mass is 15.3. The fourth-order valence-corrected chi connectivity index (χ4v) is 3.35. The van der Waals surface area contributed by atoms with Gasteiger partial charge in [-0.3, -0.25) is 4.68 Å². The molecule has 0 aliphatic heterocycles. The fourth-order valence-electron chi connectivity index (χ4n) is 3.35. The van der Waals surface area contributed by atoms with Gasteiger partial charge in [-0.2, -0.15) is 5.10 Å². The third-order valence-electron chi connectivity index (χ3n) is 4.71. The van der Waals surface area contributed by atoms with E-state index < -0.39 is 0 Å². The molecule has 1 atom stereocenters. The van der Waals surface area contributed by atoms with Gasteiger partial charge in [0.05, 0.1) is 17.6 Å². The van der Waals surface area contributed by atoms with Gasteiger partial charge in [0.2, 0.25) is 0 Å². The maximum atomic E-state index is 4.55. The van der Waals surface area contributed by atoms with Crippen LogP contribution in [0.4, 0.5) is 5.69 Å². The first-order chi connectivity index (χ1) is 9.47. The maximum absolute atomic E-state index is 4.55. The molecule has 1 saturated carbocycles. The normalized spacial score (nSPS) is 22.1. The van der Waals surface area contributed by atoms with Crippen LogP contribution in [0.5, 0.6) is 0 Å². The van der Waals surface area contributed by atoms with Crippen LogP contribution in [0.2, 0.25) is 0 Å². The van der Waals surface area contributed by atoms with Crippen molar-refractivity contribution >= 4 is 16.7 Å². The SMILES string of the molecule is Cc1nn(C)c2ncc(NC3CCCCC3(C)C)cc12. The van der Waals surface area contributed by atoms with Crippen molar-refractivity contribution in [3.8, 4) is 0 Å². The highest BCUT2D eigenvalue weighted by Crippen LogP contribution is 2.37. The number of aromatic nitrogens is 3. The Bertz CT molecular complexity index is 627. The lowest BCUT2D eigenvalue weighted by molar-refractivity contribution is 0.217. The number of nitrogens with zero attached hydrogens (tertiary/aromatic N) is 3. The molecule has 1 aliphatic rings. The first-order valence-corrected chi connectivity index (χ1v) is 7.53. The van der Waals surface area contributed by atoms with Crippen LogP contribution in [0.1, 0.15) is 45.2 Å².